The highest BCUT2D eigenvalue weighted by Gasteiger charge is 2.31. The van der Waals surface area contributed by atoms with Gasteiger partial charge in [0.05, 0.1) is 0 Å². The maximum absolute atomic E-state index is 12.3. The first kappa shape index (κ1) is 22.3. The Bertz CT molecular complexity index is 895. The SMILES string of the molecule is CC(C)(O)C(=O)N1CCN(c2ccc(Nc3ccnc(N4CCCCCC4)n3)cc2)CC1. The monoisotopic (exact) mass is 438 g/mol. The van der Waals surface area contributed by atoms with Crippen LogP contribution >= 0.6 is 0 Å². The maximum Gasteiger partial charge on any atom is 0.254 e. The summed E-state index contributed by atoms with van der Waals surface area (Å²) in [5, 5.41) is 13.3. The van der Waals surface area contributed by atoms with Crippen molar-refractivity contribution in [1.29, 1.82) is 0 Å². The van der Waals surface area contributed by atoms with E-state index >= 15 is 0 Å². The lowest BCUT2D eigenvalue weighted by Crippen LogP contribution is -2.54. The van der Waals surface area contributed by atoms with Crippen LogP contribution in [-0.2, 0) is 4.79 Å². The van der Waals surface area contributed by atoms with Gasteiger partial charge in [-0.05, 0) is 57.0 Å². The number of hydrogen-bond acceptors (Lipinski definition) is 7. The van der Waals surface area contributed by atoms with Crippen molar-refractivity contribution in [3.05, 3.63) is 36.5 Å². The third kappa shape index (κ3) is 5.48. The molecule has 8 heteroatoms. The van der Waals surface area contributed by atoms with E-state index in [2.05, 4.69) is 44.4 Å². The van der Waals surface area contributed by atoms with Gasteiger partial charge in [-0.15, -0.1) is 0 Å². The highest BCUT2D eigenvalue weighted by Crippen LogP contribution is 2.23. The van der Waals surface area contributed by atoms with E-state index in [0.29, 0.717) is 13.1 Å². The molecule has 0 spiro atoms. The van der Waals surface area contributed by atoms with Gasteiger partial charge in [0.1, 0.15) is 11.4 Å². The van der Waals surface area contributed by atoms with Crippen LogP contribution in [0, 0.1) is 0 Å². The van der Waals surface area contributed by atoms with Crippen LogP contribution in [0.25, 0.3) is 0 Å². The molecule has 1 aromatic carbocycles. The van der Waals surface area contributed by atoms with Crippen molar-refractivity contribution in [2.75, 3.05) is 54.4 Å². The topological polar surface area (TPSA) is 84.8 Å². The fraction of sp³-hybridized carbons (Fsp3) is 0.542. The van der Waals surface area contributed by atoms with Gasteiger partial charge in [0, 0.05) is 56.8 Å². The van der Waals surface area contributed by atoms with Crippen LogP contribution in [0.2, 0.25) is 0 Å². The molecular weight excluding hydrogens is 404 g/mol. The summed E-state index contributed by atoms with van der Waals surface area (Å²) in [5.74, 6) is 1.39. The molecule has 4 rings (SSSR count). The molecule has 3 heterocycles. The minimum atomic E-state index is -1.32. The lowest BCUT2D eigenvalue weighted by atomic mass is 10.1. The first-order valence-corrected chi connectivity index (χ1v) is 11.6. The van der Waals surface area contributed by atoms with Crippen LogP contribution in [0.1, 0.15) is 39.5 Å². The molecule has 2 saturated heterocycles. The molecule has 0 bridgehead atoms. The van der Waals surface area contributed by atoms with E-state index in [1.165, 1.54) is 25.7 Å². The molecule has 0 saturated carbocycles. The predicted octanol–water partition coefficient (Wildman–Crippen LogP) is 3.02. The zero-order valence-electron chi connectivity index (χ0n) is 19.1. The van der Waals surface area contributed by atoms with Gasteiger partial charge < -0.3 is 25.1 Å². The Morgan fingerprint density at radius 3 is 2.19 bits per heavy atom. The predicted molar refractivity (Wildman–Crippen MR) is 128 cm³/mol. The molecule has 0 radical (unpaired) electrons. The van der Waals surface area contributed by atoms with Crippen LogP contribution in [0.5, 0.6) is 0 Å². The van der Waals surface area contributed by atoms with E-state index in [4.69, 9.17) is 4.98 Å². The first-order chi connectivity index (χ1) is 15.4. The molecule has 2 aliphatic heterocycles. The molecule has 32 heavy (non-hydrogen) atoms. The summed E-state index contributed by atoms with van der Waals surface area (Å²) in [6.07, 6.45) is 6.78. The van der Waals surface area contributed by atoms with Gasteiger partial charge in [-0.2, -0.15) is 4.98 Å². The number of anilines is 4. The molecule has 2 aromatic rings. The Morgan fingerprint density at radius 1 is 0.906 bits per heavy atom. The van der Waals surface area contributed by atoms with Crippen molar-refractivity contribution in [3.63, 3.8) is 0 Å². The Balaban J connectivity index is 1.35. The zero-order valence-corrected chi connectivity index (χ0v) is 19.1. The number of nitrogens with zero attached hydrogens (tertiary/aromatic N) is 5. The molecule has 2 fully saturated rings. The van der Waals surface area contributed by atoms with Crippen LogP contribution in [0.3, 0.4) is 0 Å². The van der Waals surface area contributed by atoms with E-state index in [9.17, 15) is 9.90 Å². The Labute approximate surface area is 190 Å². The highest BCUT2D eigenvalue weighted by atomic mass is 16.3. The van der Waals surface area contributed by atoms with Crippen molar-refractivity contribution in [2.45, 2.75) is 45.1 Å². The summed E-state index contributed by atoms with van der Waals surface area (Å²) >= 11 is 0. The summed E-state index contributed by atoms with van der Waals surface area (Å²) in [6, 6.07) is 10.2. The maximum atomic E-state index is 12.3. The van der Waals surface area contributed by atoms with E-state index in [0.717, 1.165) is 49.3 Å². The van der Waals surface area contributed by atoms with Gasteiger partial charge in [0.2, 0.25) is 5.95 Å². The third-order valence-electron chi connectivity index (χ3n) is 6.13. The molecule has 8 nitrogen and oxygen atoms in total. The number of rotatable bonds is 5. The lowest BCUT2D eigenvalue weighted by molar-refractivity contribution is -0.148. The summed E-state index contributed by atoms with van der Waals surface area (Å²) in [4.78, 5) is 27.7. The van der Waals surface area contributed by atoms with Gasteiger partial charge in [-0.3, -0.25) is 4.79 Å². The molecule has 1 amide bonds. The van der Waals surface area contributed by atoms with Crippen molar-refractivity contribution in [1.82, 2.24) is 14.9 Å². The van der Waals surface area contributed by atoms with E-state index in [-0.39, 0.29) is 5.91 Å². The number of aromatic nitrogens is 2. The molecule has 172 valence electrons. The summed E-state index contributed by atoms with van der Waals surface area (Å²) < 4.78 is 0. The largest absolute Gasteiger partial charge is 0.381 e. The summed E-state index contributed by atoms with van der Waals surface area (Å²) in [6.45, 7) is 7.86. The first-order valence-electron chi connectivity index (χ1n) is 11.6. The molecule has 0 unspecified atom stereocenters. The second kappa shape index (κ2) is 9.73. The average molecular weight is 439 g/mol. The molecule has 2 N–H and O–H groups in total. The summed E-state index contributed by atoms with van der Waals surface area (Å²) in [7, 11) is 0. The van der Waals surface area contributed by atoms with Crippen LogP contribution in [0.4, 0.5) is 23.1 Å². The minimum Gasteiger partial charge on any atom is -0.381 e. The number of carbonyl (C=O) groups excluding carboxylic acids is 1. The number of piperazine rings is 1. The van der Waals surface area contributed by atoms with Crippen molar-refractivity contribution < 1.29 is 9.90 Å². The van der Waals surface area contributed by atoms with Gasteiger partial charge in [-0.25, -0.2) is 4.98 Å². The van der Waals surface area contributed by atoms with Crippen LogP contribution in [0.15, 0.2) is 36.5 Å². The fourth-order valence-electron chi connectivity index (χ4n) is 4.30. The van der Waals surface area contributed by atoms with Crippen molar-refractivity contribution in [2.24, 2.45) is 0 Å². The molecule has 0 atom stereocenters. The van der Waals surface area contributed by atoms with Crippen molar-refractivity contribution in [3.8, 4) is 0 Å². The summed E-state index contributed by atoms with van der Waals surface area (Å²) in [5.41, 5.74) is 0.785. The average Bonchev–Trinajstić information content (AvgIpc) is 3.09. The van der Waals surface area contributed by atoms with Gasteiger partial charge in [0.25, 0.3) is 5.91 Å². The third-order valence-corrected chi connectivity index (χ3v) is 6.13. The number of carbonyl (C=O) groups is 1. The van der Waals surface area contributed by atoms with Crippen LogP contribution in [-0.4, -0.2) is 70.8 Å². The van der Waals surface area contributed by atoms with Gasteiger partial charge >= 0.3 is 0 Å². The standard InChI is InChI=1S/C24H34N6O2/c1-24(2,32)22(31)29-17-15-28(16-18-29)20-9-7-19(8-10-20)26-21-11-12-25-23(27-21)30-13-5-3-4-6-14-30/h7-12,32H,3-6,13-18H2,1-2H3,(H,25,26,27). The highest BCUT2D eigenvalue weighted by molar-refractivity contribution is 5.84. The Kier molecular flexibility index (Phi) is 6.79. The van der Waals surface area contributed by atoms with Crippen molar-refractivity contribution >= 4 is 29.0 Å². The second-order valence-electron chi connectivity index (χ2n) is 9.15. The van der Waals surface area contributed by atoms with E-state index in [1.54, 1.807) is 18.7 Å². The normalized spacial score (nSPS) is 17.8. The van der Waals surface area contributed by atoms with Gasteiger partial charge in [-0.1, -0.05) is 12.8 Å². The lowest BCUT2D eigenvalue weighted by Gasteiger charge is -2.38. The zero-order chi connectivity index (χ0) is 22.6. The number of hydrogen-bond donors (Lipinski definition) is 2. The fourth-order valence-corrected chi connectivity index (χ4v) is 4.30. The van der Waals surface area contributed by atoms with Gasteiger partial charge in [0.15, 0.2) is 0 Å². The smallest absolute Gasteiger partial charge is 0.254 e. The minimum absolute atomic E-state index is 0.207. The van der Waals surface area contributed by atoms with E-state index < -0.39 is 5.60 Å². The number of aliphatic hydroxyl groups is 1. The Morgan fingerprint density at radius 2 is 1.56 bits per heavy atom. The number of nitrogens with one attached hydrogen (secondary N) is 1. The number of amides is 1. The Hall–Kier alpha value is -2.87. The molecular formula is C24H34N6O2. The molecule has 2 aliphatic rings. The quantitative estimate of drug-likeness (QED) is 0.742. The second-order valence-corrected chi connectivity index (χ2v) is 9.15. The molecule has 0 aliphatic carbocycles. The van der Waals surface area contributed by atoms with Crippen LogP contribution < -0.4 is 15.1 Å². The van der Waals surface area contributed by atoms with E-state index in [1.807, 2.05) is 12.3 Å². The number of benzene rings is 1. The molecule has 1 aromatic heterocycles.